The molecule has 12 heavy (non-hydrogen) atoms. The monoisotopic (exact) mass is 188 g/mol. The molecule has 0 fully saturated rings. The molecule has 3 nitrogen and oxygen atoms in total. The van der Waals surface area contributed by atoms with E-state index in [2.05, 4.69) is 0 Å². The van der Waals surface area contributed by atoms with Gasteiger partial charge in [0.1, 0.15) is 5.75 Å². The van der Waals surface area contributed by atoms with Crippen LogP contribution in [0.5, 0.6) is 5.75 Å². The molecule has 0 saturated heterocycles. The number of hydrogen-bond acceptors (Lipinski definition) is 3. The molecule has 0 aromatic heterocycles. The van der Waals surface area contributed by atoms with E-state index in [4.69, 9.17) is 21.8 Å². The number of benzene rings is 1. The molecule has 0 aliphatic rings. The molecule has 0 unspecified atom stereocenters. The molecule has 1 aromatic carbocycles. The van der Waals surface area contributed by atoms with Gasteiger partial charge in [0.2, 0.25) is 0 Å². The zero-order chi connectivity index (χ0) is 9.14. The van der Waals surface area contributed by atoms with Gasteiger partial charge in [0.25, 0.3) is 0 Å². The Balaban J connectivity index is 3.19. The average Bonchev–Trinajstić information content (AvgIpc) is 2.09. The van der Waals surface area contributed by atoms with Crippen molar-refractivity contribution in [2.24, 2.45) is 0 Å². The second-order valence-corrected chi connectivity index (χ2v) is 2.81. The zero-order valence-electron chi connectivity index (χ0n) is 6.29. The molecule has 3 N–H and O–H groups in total. The van der Waals surface area contributed by atoms with Crippen LogP contribution in [0.4, 0.5) is 0 Å². The first kappa shape index (κ1) is 9.32. The first-order chi connectivity index (χ1) is 5.69. The molecule has 0 amide bonds. The molecule has 0 aliphatic carbocycles. The van der Waals surface area contributed by atoms with Crippen molar-refractivity contribution < 1.29 is 15.3 Å². The highest BCUT2D eigenvalue weighted by Crippen LogP contribution is 2.28. The summed E-state index contributed by atoms with van der Waals surface area (Å²) < 4.78 is 0. The van der Waals surface area contributed by atoms with Gasteiger partial charge < -0.3 is 15.3 Å². The minimum atomic E-state index is -0.292. The fraction of sp³-hybridized carbons (Fsp3) is 0.250. The van der Waals surface area contributed by atoms with Crippen LogP contribution in [-0.4, -0.2) is 15.3 Å². The quantitative estimate of drug-likeness (QED) is 0.650. The van der Waals surface area contributed by atoms with Crippen LogP contribution in [0.2, 0.25) is 5.02 Å². The minimum absolute atomic E-state index is 0.128. The summed E-state index contributed by atoms with van der Waals surface area (Å²) in [6.45, 7) is -0.452. The number of rotatable bonds is 2. The Morgan fingerprint density at radius 2 is 1.83 bits per heavy atom. The second kappa shape index (κ2) is 3.76. The van der Waals surface area contributed by atoms with E-state index < -0.39 is 0 Å². The van der Waals surface area contributed by atoms with E-state index in [0.29, 0.717) is 11.1 Å². The predicted molar refractivity (Wildman–Crippen MR) is 45.0 cm³/mol. The van der Waals surface area contributed by atoms with Crippen LogP contribution in [0, 0.1) is 0 Å². The van der Waals surface area contributed by atoms with Gasteiger partial charge in [-0.1, -0.05) is 11.6 Å². The van der Waals surface area contributed by atoms with Gasteiger partial charge in [-0.05, 0) is 17.7 Å². The van der Waals surface area contributed by atoms with Crippen molar-refractivity contribution in [2.75, 3.05) is 0 Å². The molecule has 0 bridgehead atoms. The maximum Gasteiger partial charge on any atom is 0.139 e. The largest absolute Gasteiger partial charge is 0.506 e. The maximum atomic E-state index is 9.24. The number of phenols is 1. The summed E-state index contributed by atoms with van der Waals surface area (Å²) in [5.41, 5.74) is 0.897. The van der Waals surface area contributed by atoms with E-state index in [1.807, 2.05) is 0 Å². The van der Waals surface area contributed by atoms with Gasteiger partial charge >= 0.3 is 0 Å². The smallest absolute Gasteiger partial charge is 0.139 e. The molecule has 0 heterocycles. The predicted octanol–water partition coefficient (Wildman–Crippen LogP) is 1.03. The first-order valence-electron chi connectivity index (χ1n) is 3.41. The molecular weight excluding hydrogens is 180 g/mol. The van der Waals surface area contributed by atoms with Gasteiger partial charge in [0.15, 0.2) is 0 Å². The third kappa shape index (κ3) is 1.69. The number of aromatic hydroxyl groups is 1. The van der Waals surface area contributed by atoms with E-state index in [9.17, 15) is 5.11 Å². The van der Waals surface area contributed by atoms with E-state index in [-0.39, 0.29) is 24.0 Å². The van der Waals surface area contributed by atoms with Gasteiger partial charge in [0.05, 0.1) is 18.2 Å². The topological polar surface area (TPSA) is 60.7 Å². The van der Waals surface area contributed by atoms with Gasteiger partial charge in [-0.15, -0.1) is 0 Å². The van der Waals surface area contributed by atoms with Crippen LogP contribution in [0.3, 0.4) is 0 Å². The number of aliphatic hydroxyl groups is 2. The van der Waals surface area contributed by atoms with Crippen molar-refractivity contribution in [3.63, 3.8) is 0 Å². The van der Waals surface area contributed by atoms with E-state index in [1.165, 1.54) is 12.1 Å². The molecule has 66 valence electrons. The Labute approximate surface area is 74.8 Å². The van der Waals surface area contributed by atoms with Crippen molar-refractivity contribution in [2.45, 2.75) is 13.2 Å². The highest BCUT2D eigenvalue weighted by molar-refractivity contribution is 6.32. The fourth-order valence-electron chi connectivity index (χ4n) is 0.930. The summed E-state index contributed by atoms with van der Waals surface area (Å²) in [6, 6.07) is 2.96. The van der Waals surface area contributed by atoms with Crippen molar-refractivity contribution in [3.05, 3.63) is 28.3 Å². The van der Waals surface area contributed by atoms with Crippen molar-refractivity contribution in [1.82, 2.24) is 0 Å². The lowest BCUT2D eigenvalue weighted by atomic mass is 10.1. The molecule has 1 rings (SSSR count). The van der Waals surface area contributed by atoms with Crippen LogP contribution < -0.4 is 0 Å². The van der Waals surface area contributed by atoms with Gasteiger partial charge in [-0.25, -0.2) is 0 Å². The van der Waals surface area contributed by atoms with Gasteiger partial charge in [0, 0.05) is 5.56 Å². The van der Waals surface area contributed by atoms with Gasteiger partial charge in [-0.2, -0.15) is 0 Å². The molecule has 0 radical (unpaired) electrons. The lowest BCUT2D eigenvalue weighted by Gasteiger charge is -2.05. The maximum absolute atomic E-state index is 9.24. The lowest BCUT2D eigenvalue weighted by Crippen LogP contribution is -1.90. The zero-order valence-corrected chi connectivity index (χ0v) is 7.04. The Bertz CT molecular complexity index is 286. The fourth-order valence-corrected chi connectivity index (χ4v) is 1.19. The van der Waals surface area contributed by atoms with E-state index in [0.717, 1.165) is 0 Å². The van der Waals surface area contributed by atoms with Crippen LogP contribution in [0.15, 0.2) is 12.1 Å². The Morgan fingerprint density at radius 1 is 1.17 bits per heavy atom. The molecule has 4 heteroatoms. The molecule has 1 aromatic rings. The number of halogens is 1. The Kier molecular flexibility index (Phi) is 2.92. The standard InChI is InChI=1S/C8H9ClO3/c9-7-2-5(3-10)1-6(4-11)8(7)12/h1-2,10-12H,3-4H2. The van der Waals surface area contributed by atoms with Crippen LogP contribution in [0.25, 0.3) is 0 Å². The van der Waals surface area contributed by atoms with Crippen molar-refractivity contribution in [3.8, 4) is 5.75 Å². The van der Waals surface area contributed by atoms with Gasteiger partial charge in [-0.3, -0.25) is 0 Å². The number of aliphatic hydroxyl groups excluding tert-OH is 2. The Hall–Kier alpha value is -0.770. The van der Waals surface area contributed by atoms with E-state index >= 15 is 0 Å². The van der Waals surface area contributed by atoms with Crippen molar-refractivity contribution in [1.29, 1.82) is 0 Å². The molecule has 0 aliphatic heterocycles. The summed E-state index contributed by atoms with van der Waals surface area (Å²) >= 11 is 5.60. The summed E-state index contributed by atoms with van der Waals surface area (Å²) in [5.74, 6) is -0.128. The third-order valence-corrected chi connectivity index (χ3v) is 1.84. The highest BCUT2D eigenvalue weighted by Gasteiger charge is 2.06. The third-order valence-electron chi connectivity index (χ3n) is 1.56. The summed E-state index contributed by atoms with van der Waals surface area (Å²) in [5, 5.41) is 26.9. The minimum Gasteiger partial charge on any atom is -0.506 e. The summed E-state index contributed by atoms with van der Waals surface area (Å²) in [4.78, 5) is 0. The highest BCUT2D eigenvalue weighted by atomic mass is 35.5. The van der Waals surface area contributed by atoms with Crippen LogP contribution >= 0.6 is 11.6 Å². The molecule has 0 saturated carbocycles. The summed E-state index contributed by atoms with van der Waals surface area (Å²) in [6.07, 6.45) is 0. The average molecular weight is 189 g/mol. The second-order valence-electron chi connectivity index (χ2n) is 2.40. The van der Waals surface area contributed by atoms with Crippen LogP contribution in [0.1, 0.15) is 11.1 Å². The Morgan fingerprint density at radius 3 is 2.33 bits per heavy atom. The normalized spacial score (nSPS) is 10.2. The lowest BCUT2D eigenvalue weighted by molar-refractivity contribution is 0.271. The summed E-state index contributed by atoms with van der Waals surface area (Å²) in [7, 11) is 0. The molecule has 0 atom stereocenters. The SMILES string of the molecule is OCc1cc(Cl)c(O)c(CO)c1. The molecule has 0 spiro atoms. The molecular formula is C8H9ClO3. The number of hydrogen-bond donors (Lipinski definition) is 3. The van der Waals surface area contributed by atoms with Crippen LogP contribution in [-0.2, 0) is 13.2 Å². The van der Waals surface area contributed by atoms with E-state index in [1.54, 1.807) is 0 Å². The first-order valence-corrected chi connectivity index (χ1v) is 3.78. The van der Waals surface area contributed by atoms with Crippen molar-refractivity contribution >= 4 is 11.6 Å².